The maximum absolute atomic E-state index is 11.9. The fraction of sp³-hybridized carbons (Fsp3) is 0.280. The lowest BCUT2D eigenvalue weighted by atomic mass is 10.1. The fourth-order valence-corrected chi connectivity index (χ4v) is 3.42. The molecule has 9 nitrogen and oxygen atoms in total. The van der Waals surface area contributed by atoms with Crippen molar-refractivity contribution < 1.29 is 9.53 Å². The number of hydrogen-bond acceptors (Lipinski definition) is 7. The normalized spacial score (nSPS) is 12.2. The molecule has 4 N–H and O–H groups in total. The summed E-state index contributed by atoms with van der Waals surface area (Å²) < 4.78 is 5.27. The van der Waals surface area contributed by atoms with Crippen molar-refractivity contribution in [1.29, 1.82) is 0 Å². The van der Waals surface area contributed by atoms with Crippen LogP contribution in [0.1, 0.15) is 44.9 Å². The van der Waals surface area contributed by atoms with Crippen LogP contribution >= 0.6 is 0 Å². The lowest BCUT2D eigenvalue weighted by Gasteiger charge is -2.19. The third kappa shape index (κ3) is 5.80. The van der Waals surface area contributed by atoms with Crippen LogP contribution in [0.5, 0.6) is 0 Å². The van der Waals surface area contributed by atoms with Crippen LogP contribution in [0.4, 0.5) is 22.1 Å². The molecule has 0 fully saturated rings. The largest absolute Gasteiger partial charge is 0.444 e. The van der Waals surface area contributed by atoms with Gasteiger partial charge in [0.2, 0.25) is 0 Å². The minimum atomic E-state index is -0.527. The molecular weight excluding hydrogens is 430 g/mol. The van der Waals surface area contributed by atoms with E-state index >= 15 is 0 Å². The molecule has 1 amide bonds. The monoisotopic (exact) mass is 459 g/mol. The fourth-order valence-electron chi connectivity index (χ4n) is 3.42. The topological polar surface area (TPSA) is 117 Å². The SMILES string of the molecule is C[C@@H](Nc1ncnc2[nH]nc(Nc3ccc(CNC(=O)OC(C)(C)C)cc3)c12)c1ccccc1. The third-order valence-electron chi connectivity index (χ3n) is 5.06. The van der Waals surface area contributed by atoms with Crippen molar-refractivity contribution >= 4 is 34.4 Å². The highest BCUT2D eigenvalue weighted by atomic mass is 16.6. The molecule has 0 unspecified atom stereocenters. The number of benzene rings is 2. The molecule has 0 aliphatic rings. The molecule has 0 aliphatic heterocycles. The van der Waals surface area contributed by atoms with Crippen LogP contribution in [0, 0.1) is 0 Å². The zero-order chi connectivity index (χ0) is 24.1. The molecule has 34 heavy (non-hydrogen) atoms. The van der Waals surface area contributed by atoms with Crippen molar-refractivity contribution in [1.82, 2.24) is 25.5 Å². The van der Waals surface area contributed by atoms with Gasteiger partial charge in [0.25, 0.3) is 0 Å². The summed E-state index contributed by atoms with van der Waals surface area (Å²) in [5.41, 5.74) is 3.06. The first kappa shape index (κ1) is 23.0. The minimum absolute atomic E-state index is 0.0545. The molecule has 0 aliphatic carbocycles. The van der Waals surface area contributed by atoms with Crippen LogP contribution in [-0.4, -0.2) is 31.9 Å². The van der Waals surface area contributed by atoms with Crippen LogP contribution in [0.2, 0.25) is 0 Å². The summed E-state index contributed by atoms with van der Waals surface area (Å²) in [6.07, 6.45) is 1.07. The summed E-state index contributed by atoms with van der Waals surface area (Å²) in [5.74, 6) is 1.31. The molecule has 4 rings (SSSR count). The number of carbonyl (C=O) groups is 1. The molecule has 0 spiro atoms. The van der Waals surface area contributed by atoms with E-state index < -0.39 is 11.7 Å². The van der Waals surface area contributed by atoms with Crippen LogP contribution in [-0.2, 0) is 11.3 Å². The number of alkyl carbamates (subject to hydrolysis) is 1. The van der Waals surface area contributed by atoms with Gasteiger partial charge in [-0.1, -0.05) is 42.5 Å². The van der Waals surface area contributed by atoms with Gasteiger partial charge >= 0.3 is 6.09 Å². The Hall–Kier alpha value is -4.14. The van der Waals surface area contributed by atoms with Crippen molar-refractivity contribution in [3.63, 3.8) is 0 Å². The molecule has 1 atom stereocenters. The van der Waals surface area contributed by atoms with Gasteiger partial charge in [0.1, 0.15) is 23.1 Å². The number of aromatic amines is 1. The summed E-state index contributed by atoms with van der Waals surface area (Å²) in [5, 5.41) is 17.7. The summed E-state index contributed by atoms with van der Waals surface area (Å²) >= 11 is 0. The number of fused-ring (bicyclic) bond motifs is 1. The highest BCUT2D eigenvalue weighted by Gasteiger charge is 2.17. The Labute approximate surface area is 198 Å². The van der Waals surface area contributed by atoms with Crippen molar-refractivity contribution in [3.8, 4) is 0 Å². The van der Waals surface area contributed by atoms with Gasteiger partial charge in [-0.15, -0.1) is 0 Å². The zero-order valence-electron chi connectivity index (χ0n) is 19.7. The number of carbonyl (C=O) groups excluding carboxylic acids is 1. The van der Waals surface area contributed by atoms with Gasteiger partial charge in [-0.3, -0.25) is 5.10 Å². The van der Waals surface area contributed by atoms with Gasteiger partial charge in [-0.05, 0) is 51.0 Å². The molecule has 4 aromatic rings. The zero-order valence-corrected chi connectivity index (χ0v) is 19.7. The van der Waals surface area contributed by atoms with E-state index in [1.807, 2.05) is 63.2 Å². The Morgan fingerprint density at radius 2 is 1.76 bits per heavy atom. The lowest BCUT2D eigenvalue weighted by Crippen LogP contribution is -2.32. The van der Waals surface area contributed by atoms with Crippen molar-refractivity contribution in [2.24, 2.45) is 0 Å². The van der Waals surface area contributed by atoms with Crippen LogP contribution in [0.15, 0.2) is 60.9 Å². The average Bonchev–Trinajstić information content (AvgIpc) is 3.22. The van der Waals surface area contributed by atoms with Gasteiger partial charge < -0.3 is 20.7 Å². The Bertz CT molecular complexity index is 1250. The number of nitrogens with one attached hydrogen (secondary N) is 4. The first-order valence-electron chi connectivity index (χ1n) is 11.1. The van der Waals surface area contributed by atoms with E-state index in [0.717, 1.165) is 22.2 Å². The molecule has 2 aromatic carbocycles. The Kier molecular flexibility index (Phi) is 6.62. The summed E-state index contributed by atoms with van der Waals surface area (Å²) in [7, 11) is 0. The average molecular weight is 460 g/mol. The molecule has 0 saturated heterocycles. The smallest absolute Gasteiger partial charge is 0.407 e. The molecule has 176 valence electrons. The van der Waals surface area contributed by atoms with E-state index in [2.05, 4.69) is 55.2 Å². The minimum Gasteiger partial charge on any atom is -0.444 e. The molecule has 9 heteroatoms. The maximum atomic E-state index is 11.9. The Morgan fingerprint density at radius 3 is 2.47 bits per heavy atom. The van der Waals surface area contributed by atoms with Crippen molar-refractivity contribution in [2.45, 2.75) is 45.9 Å². The molecule has 0 radical (unpaired) electrons. The van der Waals surface area contributed by atoms with Gasteiger partial charge in [0.15, 0.2) is 11.5 Å². The number of aromatic nitrogens is 4. The van der Waals surface area contributed by atoms with Gasteiger partial charge in [-0.25, -0.2) is 14.8 Å². The number of amides is 1. The molecule has 2 aromatic heterocycles. The second kappa shape index (κ2) is 9.78. The number of rotatable bonds is 7. The number of anilines is 3. The number of ether oxygens (including phenoxy) is 1. The number of nitrogens with zero attached hydrogens (tertiary/aromatic N) is 3. The van der Waals surface area contributed by atoms with Crippen molar-refractivity contribution in [3.05, 3.63) is 72.1 Å². The second-order valence-corrected chi connectivity index (χ2v) is 8.97. The first-order valence-corrected chi connectivity index (χ1v) is 11.1. The quantitative estimate of drug-likeness (QED) is 0.296. The second-order valence-electron chi connectivity index (χ2n) is 8.97. The highest BCUT2D eigenvalue weighted by molar-refractivity contribution is 5.97. The summed E-state index contributed by atoms with van der Waals surface area (Å²) in [6.45, 7) is 7.96. The van der Waals surface area contributed by atoms with E-state index in [4.69, 9.17) is 4.74 Å². The predicted octanol–water partition coefficient (Wildman–Crippen LogP) is 5.29. The number of hydrogen-bond donors (Lipinski definition) is 4. The van der Waals surface area contributed by atoms with E-state index in [-0.39, 0.29) is 6.04 Å². The highest BCUT2D eigenvalue weighted by Crippen LogP contribution is 2.30. The van der Waals surface area contributed by atoms with Crippen LogP contribution < -0.4 is 16.0 Å². The first-order chi connectivity index (χ1) is 16.3. The predicted molar refractivity (Wildman–Crippen MR) is 133 cm³/mol. The Balaban J connectivity index is 1.46. The molecule has 0 saturated carbocycles. The van der Waals surface area contributed by atoms with Crippen LogP contribution in [0.3, 0.4) is 0 Å². The summed E-state index contributed by atoms with van der Waals surface area (Å²) in [4.78, 5) is 20.6. The Morgan fingerprint density at radius 1 is 1.03 bits per heavy atom. The van der Waals surface area contributed by atoms with Crippen molar-refractivity contribution in [2.75, 3.05) is 10.6 Å². The standard InChI is InChI=1S/C25H29N7O2/c1-16(18-8-6-5-7-9-18)29-21-20-22(28-15-27-21)31-32-23(20)30-19-12-10-17(11-13-19)14-26-24(33)34-25(2,3)4/h5-13,15-16H,14H2,1-4H3,(H,26,33)(H3,27,28,29,30,31,32)/t16-/m1/s1. The van der Waals surface area contributed by atoms with Gasteiger partial charge in [-0.2, -0.15) is 5.10 Å². The van der Waals surface area contributed by atoms with E-state index in [1.54, 1.807) is 0 Å². The molecule has 2 heterocycles. The number of H-pyrrole nitrogens is 1. The maximum Gasteiger partial charge on any atom is 0.407 e. The van der Waals surface area contributed by atoms with E-state index in [0.29, 0.717) is 23.8 Å². The van der Waals surface area contributed by atoms with Gasteiger partial charge in [0, 0.05) is 18.3 Å². The third-order valence-corrected chi connectivity index (χ3v) is 5.06. The molecular formula is C25H29N7O2. The van der Waals surface area contributed by atoms with Gasteiger partial charge in [0.05, 0.1) is 0 Å². The summed E-state index contributed by atoms with van der Waals surface area (Å²) in [6, 6.07) is 17.9. The van der Waals surface area contributed by atoms with E-state index in [9.17, 15) is 4.79 Å². The lowest BCUT2D eigenvalue weighted by molar-refractivity contribution is 0.0523. The molecule has 0 bridgehead atoms. The van der Waals surface area contributed by atoms with Crippen LogP contribution in [0.25, 0.3) is 11.0 Å². The van der Waals surface area contributed by atoms with E-state index in [1.165, 1.54) is 6.33 Å².